The number of hydrogen-bond donors (Lipinski definition) is 0. The van der Waals surface area contributed by atoms with Gasteiger partial charge in [-0.15, -0.1) is 5.10 Å². The Kier molecular flexibility index (Phi) is 7.05. The van der Waals surface area contributed by atoms with Crippen LogP contribution in [-0.2, 0) is 5.41 Å². The summed E-state index contributed by atoms with van der Waals surface area (Å²) >= 11 is 0. The zero-order valence-electron chi connectivity index (χ0n) is 29.5. The monoisotopic (exact) mass is 684 g/mol. The zero-order valence-corrected chi connectivity index (χ0v) is 29.5. The maximum atomic E-state index is 4.69. The minimum atomic E-state index is -0.134. The molecule has 0 bridgehead atoms. The fourth-order valence-electron chi connectivity index (χ4n) is 8.15. The molecular formula is C47H36N6. The topological polar surface area (TPSA) is 40.4 Å². The maximum absolute atomic E-state index is 4.69. The highest BCUT2D eigenvalue weighted by Crippen LogP contribution is 2.55. The van der Waals surface area contributed by atoms with Crippen LogP contribution in [0, 0.1) is 0 Å². The summed E-state index contributed by atoms with van der Waals surface area (Å²) in [5.41, 5.74) is 15.3. The number of benzene rings is 7. The number of fused-ring (bicyclic) bond motifs is 4. The molecule has 2 aliphatic rings. The quantitative estimate of drug-likeness (QED) is 0.180. The lowest BCUT2D eigenvalue weighted by molar-refractivity contribution is 0.631. The Morgan fingerprint density at radius 1 is 0.377 bits per heavy atom. The normalized spacial score (nSPS) is 13.9. The summed E-state index contributed by atoms with van der Waals surface area (Å²) in [5, 5.41) is 9.38. The van der Waals surface area contributed by atoms with Crippen molar-refractivity contribution < 1.29 is 0 Å². The molecule has 0 fully saturated rings. The average molecular weight is 685 g/mol. The Hall–Kier alpha value is -6.92. The van der Waals surface area contributed by atoms with Gasteiger partial charge in [-0.25, -0.2) is 4.68 Å². The van der Waals surface area contributed by atoms with E-state index in [1.54, 1.807) is 0 Å². The molecule has 0 radical (unpaired) electrons. The van der Waals surface area contributed by atoms with Gasteiger partial charge in [-0.1, -0.05) is 122 Å². The van der Waals surface area contributed by atoms with Crippen LogP contribution in [0.15, 0.2) is 182 Å². The van der Waals surface area contributed by atoms with Crippen LogP contribution in [0.3, 0.4) is 0 Å². The highest BCUT2D eigenvalue weighted by atomic mass is 15.4. The number of rotatable bonds is 5. The molecule has 0 spiro atoms. The fraction of sp³-hybridized carbons (Fsp3) is 0.0638. The van der Waals surface area contributed by atoms with E-state index in [0.717, 1.165) is 56.8 Å². The first-order chi connectivity index (χ1) is 26.1. The van der Waals surface area contributed by atoms with Crippen molar-refractivity contribution >= 4 is 51.2 Å². The molecule has 254 valence electrons. The SMILES string of the molecule is CC1(C)c2ccccc2N(c2ccccc2-n2cc(-c3ccc(N4c5ccccc5N(c5ccccc5)c5ccccc54)cc3)nn2)c2ccccc21. The largest absolute Gasteiger partial charge is 0.308 e. The van der Waals surface area contributed by atoms with Crippen molar-refractivity contribution in [3.63, 3.8) is 0 Å². The fourth-order valence-corrected chi connectivity index (χ4v) is 8.15. The van der Waals surface area contributed by atoms with E-state index in [9.17, 15) is 0 Å². The van der Waals surface area contributed by atoms with E-state index in [0.29, 0.717) is 0 Å². The Bertz CT molecular complexity index is 2530. The van der Waals surface area contributed by atoms with Crippen molar-refractivity contribution in [1.82, 2.24) is 15.0 Å². The van der Waals surface area contributed by atoms with Gasteiger partial charge in [0.2, 0.25) is 0 Å². The minimum Gasteiger partial charge on any atom is -0.308 e. The molecule has 10 rings (SSSR count). The lowest BCUT2D eigenvalue weighted by Crippen LogP contribution is -2.30. The van der Waals surface area contributed by atoms with Crippen molar-refractivity contribution in [3.8, 4) is 16.9 Å². The summed E-state index contributed by atoms with van der Waals surface area (Å²) in [4.78, 5) is 7.05. The van der Waals surface area contributed by atoms with Gasteiger partial charge in [0.15, 0.2) is 0 Å². The van der Waals surface area contributed by atoms with Crippen molar-refractivity contribution in [2.45, 2.75) is 19.3 Å². The van der Waals surface area contributed by atoms with Crippen molar-refractivity contribution in [2.75, 3.05) is 14.7 Å². The first kappa shape index (κ1) is 30.9. The molecule has 7 aromatic carbocycles. The third-order valence-electron chi connectivity index (χ3n) is 10.7. The highest BCUT2D eigenvalue weighted by Gasteiger charge is 2.37. The van der Waals surface area contributed by atoms with Gasteiger partial charge in [-0.3, -0.25) is 0 Å². The van der Waals surface area contributed by atoms with Gasteiger partial charge in [0.1, 0.15) is 5.69 Å². The van der Waals surface area contributed by atoms with E-state index in [4.69, 9.17) is 10.3 Å². The molecule has 2 aliphatic heterocycles. The van der Waals surface area contributed by atoms with E-state index < -0.39 is 0 Å². The first-order valence-corrected chi connectivity index (χ1v) is 18.0. The van der Waals surface area contributed by atoms with Crippen LogP contribution in [0.4, 0.5) is 51.2 Å². The van der Waals surface area contributed by atoms with E-state index >= 15 is 0 Å². The molecule has 3 heterocycles. The smallest absolute Gasteiger partial charge is 0.113 e. The van der Waals surface area contributed by atoms with Crippen LogP contribution >= 0.6 is 0 Å². The van der Waals surface area contributed by atoms with Crippen LogP contribution in [0.1, 0.15) is 25.0 Å². The molecule has 0 aliphatic carbocycles. The number of para-hydroxylation sites is 9. The van der Waals surface area contributed by atoms with Gasteiger partial charge in [-0.2, -0.15) is 0 Å². The molecule has 0 saturated heterocycles. The van der Waals surface area contributed by atoms with Crippen molar-refractivity contribution in [3.05, 3.63) is 193 Å². The summed E-state index contributed by atoms with van der Waals surface area (Å²) in [6.07, 6.45) is 2.03. The van der Waals surface area contributed by atoms with Gasteiger partial charge in [0.05, 0.1) is 51.7 Å². The first-order valence-electron chi connectivity index (χ1n) is 18.0. The second-order valence-corrected chi connectivity index (χ2v) is 14.1. The molecule has 0 N–H and O–H groups in total. The van der Waals surface area contributed by atoms with Crippen molar-refractivity contribution in [1.29, 1.82) is 0 Å². The summed E-state index contributed by atoms with van der Waals surface area (Å²) in [7, 11) is 0. The summed E-state index contributed by atoms with van der Waals surface area (Å²) < 4.78 is 1.90. The third-order valence-corrected chi connectivity index (χ3v) is 10.7. The van der Waals surface area contributed by atoms with Crippen molar-refractivity contribution in [2.24, 2.45) is 0 Å². The third kappa shape index (κ3) is 4.87. The van der Waals surface area contributed by atoms with E-state index in [1.807, 2.05) is 10.9 Å². The Morgan fingerprint density at radius 2 is 0.774 bits per heavy atom. The Morgan fingerprint density at radius 3 is 1.28 bits per heavy atom. The Balaban J connectivity index is 1.02. The zero-order chi connectivity index (χ0) is 35.5. The molecule has 0 saturated carbocycles. The predicted octanol–water partition coefficient (Wildman–Crippen LogP) is 12.3. The summed E-state index contributed by atoms with van der Waals surface area (Å²) in [6.45, 7) is 4.62. The van der Waals surface area contributed by atoms with Gasteiger partial charge in [0, 0.05) is 22.4 Å². The van der Waals surface area contributed by atoms with Crippen LogP contribution in [0.25, 0.3) is 16.9 Å². The lowest BCUT2D eigenvalue weighted by Gasteiger charge is -2.42. The number of anilines is 9. The molecule has 6 heteroatoms. The summed E-state index contributed by atoms with van der Waals surface area (Å²) in [6, 6.07) is 62.3. The van der Waals surface area contributed by atoms with Gasteiger partial charge in [-0.05, 0) is 83.9 Å². The van der Waals surface area contributed by atoms with E-state index in [-0.39, 0.29) is 5.41 Å². The molecule has 1 aromatic heterocycles. The molecule has 8 aromatic rings. The highest BCUT2D eigenvalue weighted by molar-refractivity contribution is 6.01. The van der Waals surface area contributed by atoms with Gasteiger partial charge in [0.25, 0.3) is 0 Å². The molecule has 0 unspecified atom stereocenters. The lowest BCUT2D eigenvalue weighted by atomic mass is 9.73. The molecule has 0 amide bonds. The van der Waals surface area contributed by atoms with Gasteiger partial charge < -0.3 is 14.7 Å². The maximum Gasteiger partial charge on any atom is 0.113 e. The van der Waals surface area contributed by atoms with Crippen LogP contribution in [0.2, 0.25) is 0 Å². The minimum absolute atomic E-state index is 0.134. The van der Waals surface area contributed by atoms with Gasteiger partial charge >= 0.3 is 0 Å². The molecule has 6 nitrogen and oxygen atoms in total. The summed E-state index contributed by atoms with van der Waals surface area (Å²) in [5.74, 6) is 0. The Labute approximate surface area is 309 Å². The second-order valence-electron chi connectivity index (χ2n) is 14.1. The second kappa shape index (κ2) is 12.1. The molecular weight excluding hydrogens is 649 g/mol. The standard InChI is InChI=1S/C47H36N6/c1-47(2)36-18-6-8-20-39(36)53(40-21-9-7-19-37(40)47)42-23-11-10-22-41(42)50-32-38(48-49-50)33-28-30-35(31-29-33)52-45-26-14-12-24-43(45)51(34-16-4-3-5-17-34)44-25-13-15-27-46(44)52/h3-32H,1-2H3. The number of aromatic nitrogens is 3. The number of hydrogen-bond acceptors (Lipinski definition) is 5. The number of nitrogens with zero attached hydrogens (tertiary/aromatic N) is 6. The van der Waals surface area contributed by atoms with E-state index in [2.05, 4.69) is 204 Å². The average Bonchev–Trinajstić information content (AvgIpc) is 3.71. The van der Waals surface area contributed by atoms with Crippen LogP contribution < -0.4 is 14.7 Å². The molecule has 0 atom stereocenters. The van der Waals surface area contributed by atoms with Crippen LogP contribution in [0.5, 0.6) is 0 Å². The van der Waals surface area contributed by atoms with Crippen LogP contribution in [-0.4, -0.2) is 15.0 Å². The van der Waals surface area contributed by atoms with E-state index in [1.165, 1.54) is 22.5 Å². The predicted molar refractivity (Wildman–Crippen MR) is 217 cm³/mol. The molecule has 53 heavy (non-hydrogen) atoms.